The Morgan fingerprint density at radius 2 is 0.746 bits per heavy atom. The Kier molecular flexibility index (Phi) is 19.4. The van der Waals surface area contributed by atoms with Crippen molar-refractivity contribution in [2.45, 2.75) is 184 Å². The third kappa shape index (κ3) is 11.2. The van der Waals surface area contributed by atoms with Gasteiger partial charge < -0.3 is 154 Å². The first-order chi connectivity index (χ1) is 31.8. The molecule has 0 radical (unpaired) electrons. The summed E-state index contributed by atoms with van der Waals surface area (Å²) in [6.45, 7) is -6.06. The van der Waals surface area contributed by atoms with Gasteiger partial charge in [0, 0.05) is 0 Å². The first-order valence-corrected chi connectivity index (χ1v) is 21.1. The summed E-state index contributed by atoms with van der Waals surface area (Å²) in [6, 6.07) is 0. The minimum absolute atomic E-state index is 0.941. The van der Waals surface area contributed by atoms with E-state index in [1.165, 1.54) is 0 Å². The third-order valence-electron chi connectivity index (χ3n) is 12.4. The van der Waals surface area contributed by atoms with Gasteiger partial charge in [-0.25, -0.2) is 0 Å². The van der Waals surface area contributed by atoms with E-state index in [1.807, 2.05) is 0 Å². The maximum Gasteiger partial charge on any atom is 0.187 e. The predicted octanol–water partition coefficient (Wildman–Crippen LogP) is -14.1. The van der Waals surface area contributed by atoms with Crippen LogP contribution in [0.3, 0.4) is 0 Å². The van der Waals surface area contributed by atoms with E-state index >= 15 is 0 Å². The Hall–Kier alpha value is -1.24. The van der Waals surface area contributed by atoms with E-state index in [2.05, 4.69) is 0 Å². The number of hydrogen-bond acceptors (Lipinski definition) is 31. The summed E-state index contributed by atoms with van der Waals surface area (Å²) in [5, 5.41) is 210. The van der Waals surface area contributed by atoms with Crippen molar-refractivity contribution >= 4 is 0 Å². The molecule has 0 aromatic rings. The maximum atomic E-state index is 11.7. The molecule has 0 unspecified atom stereocenters. The normalized spacial score (nSPS) is 51.8. The van der Waals surface area contributed by atoms with Crippen LogP contribution in [0, 0.1) is 0 Å². The molecule has 6 saturated heterocycles. The van der Waals surface area contributed by atoms with Gasteiger partial charge in [0.25, 0.3) is 0 Å². The first-order valence-electron chi connectivity index (χ1n) is 21.1. The molecule has 6 aliphatic rings. The van der Waals surface area contributed by atoms with Crippen LogP contribution in [0.15, 0.2) is 0 Å². The van der Waals surface area contributed by atoms with Crippen molar-refractivity contribution in [3.8, 4) is 0 Å². The number of aliphatic hydroxyl groups excluding tert-OH is 20. The van der Waals surface area contributed by atoms with E-state index < -0.39 is 224 Å². The van der Waals surface area contributed by atoms with Crippen LogP contribution in [0.1, 0.15) is 0 Å². The summed E-state index contributed by atoms with van der Waals surface area (Å²) >= 11 is 0. The van der Waals surface area contributed by atoms with Crippen molar-refractivity contribution in [2.75, 3.05) is 39.6 Å². The van der Waals surface area contributed by atoms with Crippen LogP contribution >= 0.6 is 0 Å². The molecule has 0 bridgehead atoms. The van der Waals surface area contributed by atoms with Crippen LogP contribution in [0.5, 0.6) is 0 Å². The zero-order chi connectivity index (χ0) is 49.3. The Morgan fingerprint density at radius 3 is 1.22 bits per heavy atom. The minimum Gasteiger partial charge on any atom is -0.394 e. The van der Waals surface area contributed by atoms with Gasteiger partial charge in [-0.15, -0.1) is 0 Å². The molecule has 0 aromatic carbocycles. The quantitative estimate of drug-likeness (QED) is 0.0606. The predicted molar refractivity (Wildman–Crippen MR) is 199 cm³/mol. The third-order valence-corrected chi connectivity index (χ3v) is 12.4. The fourth-order valence-corrected chi connectivity index (χ4v) is 8.49. The lowest BCUT2D eigenvalue weighted by Crippen LogP contribution is -2.67. The molecule has 0 aliphatic carbocycles. The summed E-state index contributed by atoms with van der Waals surface area (Å²) in [7, 11) is 0. The maximum absolute atomic E-state index is 11.7. The molecule has 20 N–H and O–H groups in total. The monoisotopic (exact) mass is 990 g/mol. The van der Waals surface area contributed by atoms with Crippen molar-refractivity contribution in [1.29, 1.82) is 0 Å². The van der Waals surface area contributed by atoms with E-state index in [4.69, 9.17) is 52.1 Å². The highest BCUT2D eigenvalue weighted by molar-refractivity contribution is 5.01. The summed E-state index contributed by atoms with van der Waals surface area (Å²) < 4.78 is 62.1. The van der Waals surface area contributed by atoms with E-state index in [-0.39, 0.29) is 0 Å². The van der Waals surface area contributed by atoms with Gasteiger partial charge >= 0.3 is 0 Å². The molecular weight excluding hydrogens is 928 g/mol. The molecular formula is C36H62O31. The molecule has 392 valence electrons. The summed E-state index contributed by atoms with van der Waals surface area (Å²) in [5.41, 5.74) is 0. The highest BCUT2D eigenvalue weighted by Crippen LogP contribution is 2.38. The zero-order valence-corrected chi connectivity index (χ0v) is 35.0. The number of aliphatic hydroxyl groups is 20. The van der Waals surface area contributed by atoms with Crippen molar-refractivity contribution in [2.24, 2.45) is 0 Å². The molecule has 31 heteroatoms. The van der Waals surface area contributed by atoms with Crippen molar-refractivity contribution in [1.82, 2.24) is 0 Å². The Morgan fingerprint density at radius 1 is 0.328 bits per heavy atom. The van der Waals surface area contributed by atoms with Gasteiger partial charge in [0.1, 0.15) is 146 Å². The molecule has 0 aromatic heterocycles. The van der Waals surface area contributed by atoms with Crippen LogP contribution in [-0.2, 0) is 52.1 Å². The van der Waals surface area contributed by atoms with Crippen LogP contribution in [-0.4, -0.2) is 326 Å². The van der Waals surface area contributed by atoms with Gasteiger partial charge in [0.15, 0.2) is 37.7 Å². The standard InChI is InChI=1S/C36H62O31/c37-1-7(43)25-29(24(55)35(63-25)64-27-15(46)10(4-40)59-34(23(27)54)61-12(6-42)26-19(50)20(51)31(56)62-26)66-36-30(67-33-22(53)18(49)14(45)9(3-39)58-33)28(16(47)11(5-41)60-36)65-32-21(52)17(48)13(44)8(2-38)57-32/h7-56H,1-6H2/t7-,8-,9-,10-,11-,12-,13+,14+,15-,16+,17+,18+,19-,20-,21-,22-,23-,24-,25+,26+,27+,28+,29-,30-,31-,32+,33-,34+,35+,36-/m1/s1. The van der Waals surface area contributed by atoms with E-state index in [0.29, 0.717) is 0 Å². The zero-order valence-electron chi connectivity index (χ0n) is 35.0. The highest BCUT2D eigenvalue weighted by Gasteiger charge is 2.59. The minimum atomic E-state index is -2.21. The Bertz CT molecular complexity index is 1510. The Balaban J connectivity index is 1.29. The number of hydrogen-bond donors (Lipinski definition) is 20. The second-order valence-electron chi connectivity index (χ2n) is 16.8. The van der Waals surface area contributed by atoms with Gasteiger partial charge in [-0.05, 0) is 0 Å². The average molecular weight is 991 g/mol. The van der Waals surface area contributed by atoms with Crippen LogP contribution in [0.4, 0.5) is 0 Å². The largest absolute Gasteiger partial charge is 0.394 e. The highest BCUT2D eigenvalue weighted by atomic mass is 16.8. The second kappa shape index (κ2) is 23.5. The number of ether oxygens (including phenoxy) is 11. The van der Waals surface area contributed by atoms with E-state index in [0.717, 1.165) is 0 Å². The molecule has 6 rings (SSSR count). The molecule has 0 amide bonds. The molecule has 31 nitrogen and oxygen atoms in total. The Labute approximate surface area is 378 Å². The molecule has 67 heavy (non-hydrogen) atoms. The molecule has 6 aliphatic heterocycles. The lowest BCUT2D eigenvalue weighted by atomic mass is 9.95. The second-order valence-corrected chi connectivity index (χ2v) is 16.8. The van der Waals surface area contributed by atoms with Gasteiger partial charge in [-0.2, -0.15) is 0 Å². The van der Waals surface area contributed by atoms with E-state index in [1.54, 1.807) is 0 Å². The summed E-state index contributed by atoms with van der Waals surface area (Å²) in [5.74, 6) is 0. The first kappa shape index (κ1) is 55.1. The van der Waals surface area contributed by atoms with Crippen LogP contribution in [0.25, 0.3) is 0 Å². The molecule has 0 saturated carbocycles. The smallest absolute Gasteiger partial charge is 0.187 e. The fraction of sp³-hybridized carbons (Fsp3) is 1.00. The topological polar surface area (TPSA) is 506 Å². The van der Waals surface area contributed by atoms with Gasteiger partial charge in [0.2, 0.25) is 0 Å². The van der Waals surface area contributed by atoms with Crippen molar-refractivity contribution < 1.29 is 154 Å². The molecule has 30 atom stereocenters. The van der Waals surface area contributed by atoms with Gasteiger partial charge in [-0.1, -0.05) is 0 Å². The van der Waals surface area contributed by atoms with Gasteiger partial charge in [-0.3, -0.25) is 0 Å². The number of rotatable bonds is 18. The van der Waals surface area contributed by atoms with Crippen LogP contribution in [0.2, 0.25) is 0 Å². The summed E-state index contributed by atoms with van der Waals surface area (Å²) in [6.07, 6.45) is -58.7. The lowest BCUT2D eigenvalue weighted by molar-refractivity contribution is -0.397. The SMILES string of the molecule is OC[C@@H](O)[C@@H]1O[C@@H](O[C@@H]2[C@@H](O)[C@H](O[C@H](CO)[C@@H]3O[C@@H](O)[C@H](O)[C@H]3O)O[C@H](CO)[C@H]2O)[C@H](O)[C@H]1O[C@H]1O[C@H](CO)[C@H](O)[C@H](O[C@@H]2O[C@H](CO)[C@H](O)[C@H](O)[C@H]2O)[C@H]1O[C@H]1O[C@H](CO)[C@H](O)[C@H](O)[C@H]1O. The van der Waals surface area contributed by atoms with Crippen LogP contribution < -0.4 is 0 Å². The lowest BCUT2D eigenvalue weighted by Gasteiger charge is -2.49. The average Bonchev–Trinajstić information content (AvgIpc) is 3.76. The molecule has 6 heterocycles. The summed E-state index contributed by atoms with van der Waals surface area (Å²) in [4.78, 5) is 0. The van der Waals surface area contributed by atoms with Crippen molar-refractivity contribution in [3.05, 3.63) is 0 Å². The van der Waals surface area contributed by atoms with Gasteiger partial charge in [0.05, 0.1) is 39.6 Å². The fourth-order valence-electron chi connectivity index (χ4n) is 8.49. The van der Waals surface area contributed by atoms with Crippen molar-refractivity contribution in [3.63, 3.8) is 0 Å². The molecule has 0 spiro atoms. The molecule has 6 fully saturated rings. The van der Waals surface area contributed by atoms with E-state index in [9.17, 15) is 102 Å².